The zero-order valence-electron chi connectivity index (χ0n) is 13.1. The Labute approximate surface area is 130 Å². The van der Waals surface area contributed by atoms with Crippen LogP contribution in [0, 0.1) is 6.92 Å². The highest BCUT2D eigenvalue weighted by Crippen LogP contribution is 2.36. The fraction of sp³-hybridized carbons (Fsp3) is 0.211. The lowest BCUT2D eigenvalue weighted by molar-refractivity contribution is -0.136. The number of hydrogen-bond donors (Lipinski definition) is 0. The summed E-state index contributed by atoms with van der Waals surface area (Å²) in [5, 5.41) is 0. The molecule has 0 atom stereocenters. The van der Waals surface area contributed by atoms with Crippen LogP contribution in [0.2, 0.25) is 0 Å². The van der Waals surface area contributed by atoms with Crippen LogP contribution in [0.1, 0.15) is 23.6 Å². The number of fused-ring (bicyclic) bond motifs is 1. The summed E-state index contributed by atoms with van der Waals surface area (Å²) in [4.78, 5) is 14.4. The van der Waals surface area contributed by atoms with Crippen LogP contribution in [0.25, 0.3) is 5.57 Å². The Hall–Kier alpha value is -2.55. The van der Waals surface area contributed by atoms with E-state index in [1.165, 1.54) is 12.7 Å². The van der Waals surface area contributed by atoms with Crippen LogP contribution in [0.5, 0.6) is 0 Å². The molecule has 1 heterocycles. The molecule has 0 aromatic heterocycles. The Morgan fingerprint density at radius 3 is 2.45 bits per heavy atom. The van der Waals surface area contributed by atoms with Crippen molar-refractivity contribution >= 4 is 17.2 Å². The van der Waals surface area contributed by atoms with Gasteiger partial charge in [-0.15, -0.1) is 0 Å². The van der Waals surface area contributed by atoms with Gasteiger partial charge in [-0.2, -0.15) is 0 Å². The molecule has 0 radical (unpaired) electrons. The van der Waals surface area contributed by atoms with E-state index in [4.69, 9.17) is 4.74 Å². The summed E-state index contributed by atoms with van der Waals surface area (Å²) in [6, 6.07) is 16.3. The lowest BCUT2D eigenvalue weighted by atomic mass is 9.93. The number of carbonyl (C=O) groups is 1. The fourth-order valence-corrected chi connectivity index (χ4v) is 3.04. The number of aryl methyl sites for hydroxylation is 1. The summed E-state index contributed by atoms with van der Waals surface area (Å²) < 4.78 is 5.03. The van der Waals surface area contributed by atoms with Gasteiger partial charge in [-0.25, -0.2) is 4.79 Å². The number of hydrogen-bond acceptors (Lipinski definition) is 3. The Bertz CT molecular complexity index is 762. The molecule has 0 saturated carbocycles. The third kappa shape index (κ3) is 2.29. The number of benzene rings is 2. The molecule has 2 aromatic rings. The van der Waals surface area contributed by atoms with Gasteiger partial charge in [-0.3, -0.25) is 0 Å². The standard InChI is InChI=1S/C19H19NO2/c1-13-8-4-7-11-17(13)20-12-15-9-5-6-10-16(15)14(2)18(20)19(21)22-3/h4-11H,12H2,1-3H3. The molecule has 1 aliphatic rings. The smallest absolute Gasteiger partial charge is 0.354 e. The summed E-state index contributed by atoms with van der Waals surface area (Å²) >= 11 is 0. The Morgan fingerprint density at radius 2 is 1.73 bits per heavy atom. The highest BCUT2D eigenvalue weighted by molar-refractivity contribution is 6.02. The normalized spacial score (nSPS) is 13.9. The van der Waals surface area contributed by atoms with E-state index in [1.54, 1.807) is 0 Å². The van der Waals surface area contributed by atoms with E-state index in [-0.39, 0.29) is 5.97 Å². The summed E-state index contributed by atoms with van der Waals surface area (Å²) in [7, 11) is 1.43. The molecular formula is C19H19NO2. The van der Waals surface area contributed by atoms with Crippen molar-refractivity contribution in [2.24, 2.45) is 0 Å². The molecule has 0 spiro atoms. The molecule has 0 aliphatic carbocycles. The van der Waals surface area contributed by atoms with Crippen molar-refractivity contribution in [3.05, 3.63) is 70.9 Å². The average molecular weight is 293 g/mol. The maximum Gasteiger partial charge on any atom is 0.354 e. The van der Waals surface area contributed by atoms with E-state index >= 15 is 0 Å². The Morgan fingerprint density at radius 1 is 1.05 bits per heavy atom. The number of carbonyl (C=O) groups excluding carboxylic acids is 1. The SMILES string of the molecule is COC(=O)C1=C(C)c2ccccc2CN1c1ccccc1C. The lowest BCUT2D eigenvalue weighted by Crippen LogP contribution is -2.32. The first-order valence-corrected chi connectivity index (χ1v) is 7.34. The number of allylic oxidation sites excluding steroid dienone is 1. The van der Waals surface area contributed by atoms with E-state index in [0.717, 1.165) is 22.4 Å². The van der Waals surface area contributed by atoms with Gasteiger partial charge in [0.1, 0.15) is 5.70 Å². The van der Waals surface area contributed by atoms with Crippen LogP contribution >= 0.6 is 0 Å². The molecule has 3 heteroatoms. The van der Waals surface area contributed by atoms with Gasteiger partial charge in [0.15, 0.2) is 0 Å². The van der Waals surface area contributed by atoms with Crippen LogP contribution in [0.15, 0.2) is 54.2 Å². The summed E-state index contributed by atoms with van der Waals surface area (Å²) in [5.74, 6) is -0.296. The lowest BCUT2D eigenvalue weighted by Gasteiger charge is -2.33. The second kappa shape index (κ2) is 5.68. The fourth-order valence-electron chi connectivity index (χ4n) is 3.04. The van der Waals surface area contributed by atoms with Crippen LogP contribution in [-0.2, 0) is 16.1 Å². The quantitative estimate of drug-likeness (QED) is 0.786. The zero-order chi connectivity index (χ0) is 15.7. The number of ether oxygens (including phenoxy) is 1. The second-order valence-corrected chi connectivity index (χ2v) is 5.49. The predicted molar refractivity (Wildman–Crippen MR) is 88.4 cm³/mol. The minimum atomic E-state index is -0.296. The van der Waals surface area contributed by atoms with Crippen molar-refractivity contribution in [2.45, 2.75) is 20.4 Å². The molecule has 0 N–H and O–H groups in total. The van der Waals surface area contributed by atoms with E-state index in [9.17, 15) is 4.79 Å². The first-order valence-electron chi connectivity index (χ1n) is 7.34. The molecule has 1 aliphatic heterocycles. The molecule has 3 rings (SSSR count). The molecule has 0 amide bonds. The topological polar surface area (TPSA) is 29.5 Å². The van der Waals surface area contributed by atoms with E-state index < -0.39 is 0 Å². The third-order valence-corrected chi connectivity index (χ3v) is 4.16. The number of esters is 1. The van der Waals surface area contributed by atoms with Gasteiger partial charge in [-0.05, 0) is 42.2 Å². The first-order chi connectivity index (χ1) is 10.6. The van der Waals surface area contributed by atoms with Crippen molar-refractivity contribution in [2.75, 3.05) is 12.0 Å². The predicted octanol–water partition coefficient (Wildman–Crippen LogP) is 3.92. The third-order valence-electron chi connectivity index (χ3n) is 4.16. The van der Waals surface area contributed by atoms with Crippen LogP contribution in [0.3, 0.4) is 0 Å². The number of para-hydroxylation sites is 1. The van der Waals surface area contributed by atoms with Gasteiger partial charge in [0, 0.05) is 12.2 Å². The maximum atomic E-state index is 12.4. The second-order valence-electron chi connectivity index (χ2n) is 5.49. The van der Waals surface area contributed by atoms with Crippen LogP contribution in [0.4, 0.5) is 5.69 Å². The number of anilines is 1. The summed E-state index contributed by atoms with van der Waals surface area (Å²) in [6.07, 6.45) is 0. The molecule has 0 fully saturated rings. The van der Waals surface area contributed by atoms with Gasteiger partial charge >= 0.3 is 5.97 Å². The monoisotopic (exact) mass is 293 g/mol. The molecule has 2 aromatic carbocycles. The van der Waals surface area contributed by atoms with Crippen molar-refractivity contribution < 1.29 is 9.53 Å². The van der Waals surface area contributed by atoms with E-state index in [2.05, 4.69) is 30.0 Å². The highest BCUT2D eigenvalue weighted by atomic mass is 16.5. The zero-order valence-corrected chi connectivity index (χ0v) is 13.1. The largest absolute Gasteiger partial charge is 0.464 e. The first kappa shape index (κ1) is 14.4. The van der Waals surface area contributed by atoms with E-state index in [1.807, 2.05) is 37.3 Å². The van der Waals surface area contributed by atoms with Crippen LogP contribution in [-0.4, -0.2) is 13.1 Å². The molecule has 0 unspecified atom stereocenters. The Balaban J connectivity index is 2.21. The number of methoxy groups -OCH3 is 1. The van der Waals surface area contributed by atoms with E-state index in [0.29, 0.717) is 12.2 Å². The number of nitrogens with zero attached hydrogens (tertiary/aromatic N) is 1. The molecule has 3 nitrogen and oxygen atoms in total. The molecule has 0 saturated heterocycles. The average Bonchev–Trinajstić information content (AvgIpc) is 2.54. The highest BCUT2D eigenvalue weighted by Gasteiger charge is 2.29. The molecular weight excluding hydrogens is 274 g/mol. The maximum absolute atomic E-state index is 12.4. The minimum Gasteiger partial charge on any atom is -0.464 e. The van der Waals surface area contributed by atoms with Gasteiger partial charge in [-0.1, -0.05) is 42.5 Å². The van der Waals surface area contributed by atoms with Crippen LogP contribution < -0.4 is 4.90 Å². The van der Waals surface area contributed by atoms with Crippen molar-refractivity contribution in [3.8, 4) is 0 Å². The van der Waals surface area contributed by atoms with Crippen molar-refractivity contribution in [1.82, 2.24) is 0 Å². The molecule has 0 bridgehead atoms. The van der Waals surface area contributed by atoms with Crippen molar-refractivity contribution in [1.29, 1.82) is 0 Å². The van der Waals surface area contributed by atoms with Gasteiger partial charge in [0.25, 0.3) is 0 Å². The summed E-state index contributed by atoms with van der Waals surface area (Å²) in [5.41, 5.74) is 6.09. The van der Waals surface area contributed by atoms with Gasteiger partial charge in [0.05, 0.1) is 7.11 Å². The van der Waals surface area contributed by atoms with Gasteiger partial charge < -0.3 is 9.64 Å². The van der Waals surface area contributed by atoms with Crippen molar-refractivity contribution in [3.63, 3.8) is 0 Å². The van der Waals surface area contributed by atoms with Gasteiger partial charge in [0.2, 0.25) is 0 Å². The molecule has 22 heavy (non-hydrogen) atoms. The summed E-state index contributed by atoms with van der Waals surface area (Å²) in [6.45, 7) is 4.71. The molecule has 112 valence electrons. The minimum absolute atomic E-state index is 0.296. The number of rotatable bonds is 2. The Kier molecular flexibility index (Phi) is 3.72.